The van der Waals surface area contributed by atoms with Crippen molar-refractivity contribution in [2.45, 2.75) is 26.8 Å². The summed E-state index contributed by atoms with van der Waals surface area (Å²) in [6.45, 7) is 5.68. The monoisotopic (exact) mass is 435 g/mol. The van der Waals surface area contributed by atoms with Gasteiger partial charge in [0.15, 0.2) is 11.5 Å². The number of aryl methyl sites for hydroxylation is 3. The van der Waals surface area contributed by atoms with E-state index in [1.54, 1.807) is 28.0 Å². The van der Waals surface area contributed by atoms with E-state index >= 15 is 0 Å². The average molecular weight is 436 g/mol. The van der Waals surface area contributed by atoms with E-state index < -0.39 is 0 Å². The fourth-order valence-corrected chi connectivity index (χ4v) is 4.54. The van der Waals surface area contributed by atoms with Gasteiger partial charge in [-0.15, -0.1) is 23.7 Å². The summed E-state index contributed by atoms with van der Waals surface area (Å²) in [5, 5.41) is 4.31. The van der Waals surface area contributed by atoms with Gasteiger partial charge in [-0.3, -0.25) is 9.48 Å². The van der Waals surface area contributed by atoms with Gasteiger partial charge in [-0.05, 0) is 49.7 Å². The lowest BCUT2D eigenvalue weighted by atomic mass is 10.1. The Kier molecular flexibility index (Phi) is 6.01. The smallest absolute Gasteiger partial charge is 0.272 e. The number of benzene rings is 1. The van der Waals surface area contributed by atoms with Crippen LogP contribution in [0.25, 0.3) is 10.4 Å². The van der Waals surface area contributed by atoms with E-state index in [4.69, 9.17) is 15.9 Å². The predicted octanol–water partition coefficient (Wildman–Crippen LogP) is 4.20. The molecule has 1 aromatic carbocycles. The number of carbonyl (C=O) groups is 1. The third-order valence-corrected chi connectivity index (χ3v) is 6.19. The Balaban J connectivity index is 1.71. The summed E-state index contributed by atoms with van der Waals surface area (Å²) < 4.78 is 13.7. The van der Waals surface area contributed by atoms with Crippen molar-refractivity contribution in [3.8, 4) is 34.3 Å². The number of nitrogens with zero attached hydrogens (tertiary/aromatic N) is 3. The van der Waals surface area contributed by atoms with Gasteiger partial charge in [0.05, 0.1) is 18.8 Å². The number of hydrogen-bond donors (Lipinski definition) is 0. The van der Waals surface area contributed by atoms with Crippen LogP contribution < -0.4 is 9.47 Å². The third kappa shape index (κ3) is 4.44. The lowest BCUT2D eigenvalue weighted by molar-refractivity contribution is 0.0722. The van der Waals surface area contributed by atoms with Crippen LogP contribution in [0.15, 0.2) is 30.3 Å². The highest BCUT2D eigenvalue weighted by Gasteiger charge is 2.26. The molecule has 0 atom stereocenters. The van der Waals surface area contributed by atoms with Crippen LogP contribution in [-0.4, -0.2) is 40.3 Å². The van der Waals surface area contributed by atoms with Crippen LogP contribution >= 0.6 is 11.3 Å². The van der Waals surface area contributed by atoms with E-state index in [0.29, 0.717) is 49.9 Å². The molecule has 0 spiro atoms. The van der Waals surface area contributed by atoms with Crippen LogP contribution in [-0.2, 0) is 13.6 Å². The first-order chi connectivity index (χ1) is 15.0. The lowest BCUT2D eigenvalue weighted by Gasteiger charge is -2.20. The van der Waals surface area contributed by atoms with Crippen molar-refractivity contribution in [3.63, 3.8) is 0 Å². The molecule has 3 aromatic rings. The minimum Gasteiger partial charge on any atom is -0.489 e. The topological polar surface area (TPSA) is 56.6 Å². The Morgan fingerprint density at radius 3 is 2.84 bits per heavy atom. The number of thiophene rings is 1. The fraction of sp³-hybridized carbons (Fsp3) is 0.333. The van der Waals surface area contributed by atoms with Gasteiger partial charge in [0.1, 0.15) is 12.3 Å². The van der Waals surface area contributed by atoms with E-state index in [9.17, 15) is 4.79 Å². The van der Waals surface area contributed by atoms with Gasteiger partial charge in [0.2, 0.25) is 0 Å². The van der Waals surface area contributed by atoms with Gasteiger partial charge in [-0.2, -0.15) is 5.10 Å². The largest absolute Gasteiger partial charge is 0.489 e. The summed E-state index contributed by atoms with van der Waals surface area (Å²) in [5.74, 6) is 3.89. The molecule has 3 heterocycles. The molecule has 0 saturated heterocycles. The molecular formula is C24H25N3O3S. The number of fused-ring (bicyclic) bond motifs is 1. The van der Waals surface area contributed by atoms with Gasteiger partial charge in [-0.1, -0.05) is 0 Å². The molecule has 0 N–H and O–H groups in total. The molecule has 0 aliphatic carbocycles. The van der Waals surface area contributed by atoms with Gasteiger partial charge in [-0.25, -0.2) is 0 Å². The molecule has 0 unspecified atom stereocenters. The molecule has 31 heavy (non-hydrogen) atoms. The SMILES string of the molecule is C#CCCOc1cc(-c2ccc(C)s2)cc2c1OCCN(C(=O)c1cc(C)nn1C)C2. The van der Waals surface area contributed by atoms with Crippen LogP contribution in [0.3, 0.4) is 0 Å². The van der Waals surface area contributed by atoms with E-state index in [1.807, 2.05) is 19.1 Å². The molecular weight excluding hydrogens is 410 g/mol. The van der Waals surface area contributed by atoms with Crippen LogP contribution in [0, 0.1) is 26.2 Å². The Labute approximate surface area is 186 Å². The maximum atomic E-state index is 13.2. The van der Waals surface area contributed by atoms with Crippen LogP contribution in [0.2, 0.25) is 0 Å². The summed E-state index contributed by atoms with van der Waals surface area (Å²) in [5.41, 5.74) is 3.35. The number of carbonyl (C=O) groups excluding carboxylic acids is 1. The second kappa shape index (κ2) is 8.86. The molecule has 1 aliphatic heterocycles. The van der Waals surface area contributed by atoms with Crippen LogP contribution in [0.4, 0.5) is 0 Å². The number of ether oxygens (including phenoxy) is 2. The Morgan fingerprint density at radius 2 is 2.16 bits per heavy atom. The first-order valence-electron chi connectivity index (χ1n) is 10.2. The Hall–Kier alpha value is -3.24. The zero-order valence-electron chi connectivity index (χ0n) is 18.0. The van der Waals surface area contributed by atoms with Crippen LogP contribution in [0.5, 0.6) is 11.5 Å². The van der Waals surface area contributed by atoms with E-state index in [1.165, 1.54) is 4.88 Å². The van der Waals surface area contributed by atoms with Gasteiger partial charge >= 0.3 is 0 Å². The number of hydrogen-bond acceptors (Lipinski definition) is 5. The zero-order chi connectivity index (χ0) is 22.0. The van der Waals surface area contributed by atoms with Gasteiger partial charge in [0, 0.05) is 35.3 Å². The summed E-state index contributed by atoms with van der Waals surface area (Å²) in [6.07, 6.45) is 5.90. The maximum absolute atomic E-state index is 13.2. The molecule has 6 nitrogen and oxygen atoms in total. The molecule has 7 heteroatoms. The van der Waals surface area contributed by atoms with Crippen molar-refractivity contribution in [1.82, 2.24) is 14.7 Å². The van der Waals surface area contributed by atoms with Crippen molar-refractivity contribution in [3.05, 3.63) is 52.2 Å². The zero-order valence-corrected chi connectivity index (χ0v) is 18.8. The molecule has 0 fully saturated rings. The Morgan fingerprint density at radius 1 is 1.32 bits per heavy atom. The van der Waals surface area contributed by atoms with Crippen molar-refractivity contribution >= 4 is 17.2 Å². The summed E-state index contributed by atoms with van der Waals surface area (Å²) in [7, 11) is 1.79. The van der Waals surface area contributed by atoms with Crippen LogP contribution in [0.1, 0.15) is 33.0 Å². The average Bonchev–Trinajstić information content (AvgIpc) is 3.24. The predicted molar refractivity (Wildman–Crippen MR) is 122 cm³/mol. The second-order valence-corrected chi connectivity index (χ2v) is 8.83. The minimum atomic E-state index is -0.0632. The van der Waals surface area contributed by atoms with Gasteiger partial charge in [0.25, 0.3) is 5.91 Å². The molecule has 2 aromatic heterocycles. The number of amides is 1. The van der Waals surface area contributed by atoms with E-state index in [-0.39, 0.29) is 5.91 Å². The molecule has 160 valence electrons. The quantitative estimate of drug-likeness (QED) is 0.445. The maximum Gasteiger partial charge on any atom is 0.272 e. The molecule has 0 saturated carbocycles. The minimum absolute atomic E-state index is 0.0632. The summed E-state index contributed by atoms with van der Waals surface area (Å²) >= 11 is 1.72. The normalized spacial score (nSPS) is 13.2. The number of aromatic nitrogens is 2. The molecule has 0 radical (unpaired) electrons. The van der Waals surface area contributed by atoms with E-state index in [2.05, 4.69) is 36.1 Å². The molecule has 0 bridgehead atoms. The van der Waals surface area contributed by atoms with E-state index in [0.717, 1.165) is 21.7 Å². The highest BCUT2D eigenvalue weighted by molar-refractivity contribution is 7.15. The first kappa shape index (κ1) is 21.0. The Bertz CT molecular complexity index is 1160. The standard InChI is InChI=1S/C24H25N3O3S/c1-5-6-10-29-21-14-18(22-8-7-17(3)31-22)13-19-15-27(9-11-30-23(19)21)24(28)20-12-16(2)25-26(20)4/h1,7-8,12-14H,6,9-11,15H2,2-4H3. The third-order valence-electron chi connectivity index (χ3n) is 5.14. The lowest BCUT2D eigenvalue weighted by Crippen LogP contribution is -2.33. The van der Waals surface area contributed by atoms with Gasteiger partial charge < -0.3 is 14.4 Å². The highest BCUT2D eigenvalue weighted by Crippen LogP contribution is 2.40. The number of rotatable bonds is 5. The second-order valence-electron chi connectivity index (χ2n) is 7.55. The molecule has 1 aliphatic rings. The summed E-state index contributed by atoms with van der Waals surface area (Å²) in [6, 6.07) is 10.1. The van der Waals surface area contributed by atoms with Crippen molar-refractivity contribution in [2.75, 3.05) is 19.8 Å². The summed E-state index contributed by atoms with van der Waals surface area (Å²) in [4.78, 5) is 17.4. The molecule has 4 rings (SSSR count). The highest BCUT2D eigenvalue weighted by atomic mass is 32.1. The molecule has 1 amide bonds. The number of terminal acetylenes is 1. The van der Waals surface area contributed by atoms with Crippen molar-refractivity contribution in [1.29, 1.82) is 0 Å². The van der Waals surface area contributed by atoms with Crippen molar-refractivity contribution < 1.29 is 14.3 Å². The fourth-order valence-electron chi connectivity index (χ4n) is 3.69. The van der Waals surface area contributed by atoms with Crippen molar-refractivity contribution in [2.24, 2.45) is 7.05 Å². The first-order valence-corrected chi connectivity index (χ1v) is 11.0.